The quantitative estimate of drug-likeness (QED) is 0.496. The zero-order valence-electron chi connectivity index (χ0n) is 10.7. The van der Waals surface area contributed by atoms with Gasteiger partial charge in [0, 0.05) is 9.86 Å². The Bertz CT molecular complexity index is 842. The minimum Gasteiger partial charge on any atom is -0.236 e. The third-order valence-corrected chi connectivity index (χ3v) is 4.73. The minimum absolute atomic E-state index is 0.643. The highest BCUT2D eigenvalue weighted by atomic mass is 79.9. The van der Waals surface area contributed by atoms with Gasteiger partial charge in [0.05, 0.1) is 5.52 Å². The van der Waals surface area contributed by atoms with Crippen LogP contribution in [0.15, 0.2) is 46.9 Å². The van der Waals surface area contributed by atoms with Gasteiger partial charge in [0.1, 0.15) is 5.15 Å². The van der Waals surface area contributed by atoms with E-state index in [1.54, 1.807) is 0 Å². The molecule has 0 amide bonds. The van der Waals surface area contributed by atoms with Crippen molar-refractivity contribution in [3.05, 3.63) is 63.2 Å². The highest BCUT2D eigenvalue weighted by Crippen LogP contribution is 2.41. The summed E-state index contributed by atoms with van der Waals surface area (Å²) in [6.45, 7) is 0. The molecule has 3 aromatic rings. The summed E-state index contributed by atoms with van der Waals surface area (Å²) >= 11 is 9.96. The first kappa shape index (κ1) is 12.4. The van der Waals surface area contributed by atoms with E-state index >= 15 is 0 Å². The number of hydrogen-bond donors (Lipinski definition) is 0. The lowest BCUT2D eigenvalue weighted by Gasteiger charge is -2.22. The molecule has 1 aliphatic rings. The van der Waals surface area contributed by atoms with Crippen LogP contribution in [0, 0.1) is 0 Å². The SMILES string of the molecule is Clc1nc2ccc(Br)cc2c2c1CCc1ccccc1-2. The third-order valence-electron chi connectivity index (χ3n) is 3.93. The van der Waals surface area contributed by atoms with Crippen LogP contribution in [0.25, 0.3) is 22.0 Å². The van der Waals surface area contributed by atoms with Crippen molar-refractivity contribution in [3.8, 4) is 11.1 Å². The van der Waals surface area contributed by atoms with E-state index in [1.807, 2.05) is 12.1 Å². The van der Waals surface area contributed by atoms with Gasteiger partial charge in [-0.25, -0.2) is 4.98 Å². The Labute approximate surface area is 130 Å². The summed E-state index contributed by atoms with van der Waals surface area (Å²) < 4.78 is 1.07. The van der Waals surface area contributed by atoms with E-state index in [4.69, 9.17) is 11.6 Å². The molecule has 0 aliphatic heterocycles. The van der Waals surface area contributed by atoms with E-state index in [1.165, 1.54) is 27.6 Å². The molecule has 1 heterocycles. The van der Waals surface area contributed by atoms with Gasteiger partial charge in [-0.15, -0.1) is 0 Å². The molecular weight excluding hydrogens is 334 g/mol. The number of rotatable bonds is 0. The number of halogens is 2. The van der Waals surface area contributed by atoms with Gasteiger partial charge < -0.3 is 0 Å². The molecule has 0 radical (unpaired) electrons. The lowest BCUT2D eigenvalue weighted by atomic mass is 9.84. The van der Waals surface area contributed by atoms with Gasteiger partial charge in [0.25, 0.3) is 0 Å². The zero-order chi connectivity index (χ0) is 13.7. The van der Waals surface area contributed by atoms with Crippen LogP contribution >= 0.6 is 27.5 Å². The maximum Gasteiger partial charge on any atom is 0.133 e. The summed E-state index contributed by atoms with van der Waals surface area (Å²) in [6.07, 6.45) is 1.99. The second-order valence-electron chi connectivity index (χ2n) is 5.07. The van der Waals surface area contributed by atoms with Gasteiger partial charge >= 0.3 is 0 Å². The molecule has 0 saturated carbocycles. The van der Waals surface area contributed by atoms with Crippen molar-refractivity contribution in [2.45, 2.75) is 12.8 Å². The fourth-order valence-corrected chi connectivity index (χ4v) is 3.66. The summed E-state index contributed by atoms with van der Waals surface area (Å²) in [7, 11) is 0. The zero-order valence-corrected chi connectivity index (χ0v) is 13.0. The molecule has 2 aromatic carbocycles. The summed E-state index contributed by atoms with van der Waals surface area (Å²) in [4.78, 5) is 4.55. The van der Waals surface area contributed by atoms with E-state index in [9.17, 15) is 0 Å². The number of benzene rings is 2. The molecule has 0 bridgehead atoms. The Morgan fingerprint density at radius 1 is 1.05 bits per heavy atom. The Morgan fingerprint density at radius 2 is 1.90 bits per heavy atom. The van der Waals surface area contributed by atoms with Crippen molar-refractivity contribution in [3.63, 3.8) is 0 Å². The van der Waals surface area contributed by atoms with E-state index in [2.05, 4.69) is 51.2 Å². The fraction of sp³-hybridized carbons (Fsp3) is 0.118. The first-order valence-electron chi connectivity index (χ1n) is 6.60. The van der Waals surface area contributed by atoms with Gasteiger partial charge in [-0.1, -0.05) is 51.8 Å². The van der Waals surface area contributed by atoms with E-state index in [0.717, 1.165) is 22.8 Å². The lowest BCUT2D eigenvalue weighted by molar-refractivity contribution is 0.937. The minimum atomic E-state index is 0.643. The van der Waals surface area contributed by atoms with Crippen molar-refractivity contribution in [1.82, 2.24) is 4.98 Å². The van der Waals surface area contributed by atoms with Crippen molar-refractivity contribution in [2.24, 2.45) is 0 Å². The normalized spacial score (nSPS) is 13.1. The molecule has 0 saturated heterocycles. The molecule has 4 rings (SSSR count). The predicted molar refractivity (Wildman–Crippen MR) is 87.3 cm³/mol. The predicted octanol–water partition coefficient (Wildman–Crippen LogP) is 5.42. The van der Waals surface area contributed by atoms with Gasteiger partial charge in [0.15, 0.2) is 0 Å². The first-order valence-corrected chi connectivity index (χ1v) is 7.77. The van der Waals surface area contributed by atoms with Gasteiger partial charge in [-0.3, -0.25) is 0 Å². The molecule has 0 spiro atoms. The smallest absolute Gasteiger partial charge is 0.133 e. The second-order valence-corrected chi connectivity index (χ2v) is 6.35. The fourth-order valence-electron chi connectivity index (χ4n) is 3.02. The third kappa shape index (κ3) is 1.79. The van der Waals surface area contributed by atoms with E-state index < -0.39 is 0 Å². The molecular formula is C17H11BrClN. The van der Waals surface area contributed by atoms with Crippen LogP contribution in [0.2, 0.25) is 5.15 Å². The molecule has 98 valence electrons. The average Bonchev–Trinajstić information content (AvgIpc) is 2.47. The number of fused-ring (bicyclic) bond motifs is 5. The summed E-state index contributed by atoms with van der Waals surface area (Å²) in [5.41, 5.74) is 6.07. The topological polar surface area (TPSA) is 12.9 Å². The largest absolute Gasteiger partial charge is 0.236 e. The number of aryl methyl sites for hydroxylation is 1. The Kier molecular flexibility index (Phi) is 2.83. The summed E-state index contributed by atoms with van der Waals surface area (Å²) in [5, 5.41) is 1.82. The average molecular weight is 345 g/mol. The van der Waals surface area contributed by atoms with Crippen LogP contribution in [0.5, 0.6) is 0 Å². The standard InChI is InChI=1S/C17H11BrClN/c18-11-6-8-15-14(9-11)16-12-4-2-1-3-10(12)5-7-13(16)17(19)20-15/h1-4,6,8-9H,5,7H2. The van der Waals surface area contributed by atoms with Gasteiger partial charge in [-0.2, -0.15) is 0 Å². The van der Waals surface area contributed by atoms with Crippen LogP contribution in [0.3, 0.4) is 0 Å². The number of aromatic nitrogens is 1. The Balaban J connectivity index is 2.18. The summed E-state index contributed by atoms with van der Waals surface area (Å²) in [6, 6.07) is 14.7. The second kappa shape index (κ2) is 4.57. The van der Waals surface area contributed by atoms with Crippen molar-refractivity contribution >= 4 is 38.4 Å². The highest BCUT2D eigenvalue weighted by Gasteiger charge is 2.21. The molecule has 3 heteroatoms. The van der Waals surface area contributed by atoms with Gasteiger partial charge in [-0.05, 0) is 53.3 Å². The monoisotopic (exact) mass is 343 g/mol. The molecule has 20 heavy (non-hydrogen) atoms. The first-order chi connectivity index (χ1) is 9.74. The van der Waals surface area contributed by atoms with E-state index in [-0.39, 0.29) is 0 Å². The highest BCUT2D eigenvalue weighted by molar-refractivity contribution is 9.10. The molecule has 0 unspecified atom stereocenters. The number of pyridine rings is 1. The van der Waals surface area contributed by atoms with Crippen LogP contribution in [-0.4, -0.2) is 4.98 Å². The molecule has 1 nitrogen and oxygen atoms in total. The van der Waals surface area contributed by atoms with Crippen molar-refractivity contribution in [2.75, 3.05) is 0 Å². The van der Waals surface area contributed by atoms with Crippen LogP contribution in [0.1, 0.15) is 11.1 Å². The maximum atomic E-state index is 6.40. The summed E-state index contributed by atoms with van der Waals surface area (Å²) in [5.74, 6) is 0. The molecule has 0 fully saturated rings. The molecule has 0 N–H and O–H groups in total. The van der Waals surface area contributed by atoms with Crippen LogP contribution in [0.4, 0.5) is 0 Å². The number of nitrogens with zero attached hydrogens (tertiary/aromatic N) is 1. The van der Waals surface area contributed by atoms with Crippen LogP contribution in [-0.2, 0) is 12.8 Å². The molecule has 1 aliphatic carbocycles. The lowest BCUT2D eigenvalue weighted by Crippen LogP contribution is -2.06. The Morgan fingerprint density at radius 3 is 2.80 bits per heavy atom. The van der Waals surface area contributed by atoms with Gasteiger partial charge in [0.2, 0.25) is 0 Å². The Hall–Kier alpha value is -1.38. The maximum absolute atomic E-state index is 6.40. The number of hydrogen-bond acceptors (Lipinski definition) is 1. The van der Waals surface area contributed by atoms with Crippen molar-refractivity contribution < 1.29 is 0 Å². The molecule has 1 aromatic heterocycles. The molecule has 0 atom stereocenters. The van der Waals surface area contributed by atoms with Crippen molar-refractivity contribution in [1.29, 1.82) is 0 Å². The van der Waals surface area contributed by atoms with Crippen LogP contribution < -0.4 is 0 Å². The van der Waals surface area contributed by atoms with E-state index in [0.29, 0.717) is 5.15 Å².